The Bertz CT molecular complexity index is 1140. The van der Waals surface area contributed by atoms with Crippen LogP contribution in [0.15, 0.2) is 54.7 Å². The van der Waals surface area contributed by atoms with E-state index in [2.05, 4.69) is 25.0 Å². The summed E-state index contributed by atoms with van der Waals surface area (Å²) >= 11 is 1.20. The lowest BCUT2D eigenvalue weighted by Gasteiger charge is -2.09. The monoisotopic (exact) mass is 376 g/mol. The molecule has 0 saturated heterocycles. The summed E-state index contributed by atoms with van der Waals surface area (Å²) in [6, 6.07) is 14.6. The van der Waals surface area contributed by atoms with Gasteiger partial charge in [-0.15, -0.1) is 0 Å². The van der Waals surface area contributed by atoms with Gasteiger partial charge in [0, 0.05) is 11.4 Å². The standard InChI is InChI=1S/C19H16N6OS/c1-11-17(18(26)22-13-6-4-5-12(20)9-13)19(27-25-11)24-16-10-21-14-7-2-3-8-15(14)23-16/h2-10H,20H2,1H3,(H,22,26)(H,23,24). The smallest absolute Gasteiger partial charge is 0.260 e. The first-order valence-electron chi connectivity index (χ1n) is 8.22. The number of nitrogen functional groups attached to an aromatic ring is 1. The van der Waals surface area contributed by atoms with Crippen molar-refractivity contribution in [3.05, 3.63) is 66.0 Å². The summed E-state index contributed by atoms with van der Waals surface area (Å²) in [5.41, 5.74) is 9.67. The number of hydrogen-bond acceptors (Lipinski definition) is 7. The van der Waals surface area contributed by atoms with Crippen LogP contribution < -0.4 is 16.4 Å². The summed E-state index contributed by atoms with van der Waals surface area (Å²) < 4.78 is 4.30. The Balaban J connectivity index is 1.61. The Kier molecular flexibility index (Phi) is 4.39. The number of fused-ring (bicyclic) bond motifs is 1. The molecule has 1 amide bonds. The number of nitrogens with one attached hydrogen (secondary N) is 2. The number of para-hydroxylation sites is 2. The van der Waals surface area contributed by atoms with E-state index in [0.29, 0.717) is 33.5 Å². The third-order valence-electron chi connectivity index (χ3n) is 3.92. The Labute approximate surface area is 159 Å². The first-order chi connectivity index (χ1) is 13.1. The fourth-order valence-electron chi connectivity index (χ4n) is 2.67. The number of hydrogen-bond donors (Lipinski definition) is 3. The van der Waals surface area contributed by atoms with E-state index in [4.69, 9.17) is 5.73 Å². The summed E-state index contributed by atoms with van der Waals surface area (Å²) in [4.78, 5) is 21.7. The average Bonchev–Trinajstić information content (AvgIpc) is 3.02. The summed E-state index contributed by atoms with van der Waals surface area (Å²) in [6.07, 6.45) is 1.64. The van der Waals surface area contributed by atoms with Gasteiger partial charge in [-0.25, -0.2) is 4.98 Å². The second kappa shape index (κ2) is 7.00. The topological polar surface area (TPSA) is 106 Å². The van der Waals surface area contributed by atoms with Crippen LogP contribution >= 0.6 is 11.5 Å². The number of carbonyl (C=O) groups is 1. The molecule has 2 aromatic carbocycles. The molecular weight excluding hydrogens is 360 g/mol. The lowest BCUT2D eigenvalue weighted by molar-refractivity contribution is 0.102. The number of nitrogens with zero attached hydrogens (tertiary/aromatic N) is 3. The normalized spacial score (nSPS) is 10.7. The maximum atomic E-state index is 12.8. The fourth-order valence-corrected chi connectivity index (χ4v) is 3.47. The highest BCUT2D eigenvalue weighted by Gasteiger charge is 2.19. The van der Waals surface area contributed by atoms with E-state index in [9.17, 15) is 4.79 Å². The van der Waals surface area contributed by atoms with Gasteiger partial charge in [-0.05, 0) is 48.8 Å². The molecular formula is C19H16N6OS. The molecule has 4 N–H and O–H groups in total. The zero-order valence-electron chi connectivity index (χ0n) is 14.4. The summed E-state index contributed by atoms with van der Waals surface area (Å²) in [6.45, 7) is 1.79. The summed E-state index contributed by atoms with van der Waals surface area (Å²) in [5.74, 6) is 0.290. The van der Waals surface area contributed by atoms with Gasteiger partial charge in [-0.1, -0.05) is 18.2 Å². The van der Waals surface area contributed by atoms with Crippen molar-refractivity contribution in [2.45, 2.75) is 6.92 Å². The molecule has 0 bridgehead atoms. The van der Waals surface area contributed by atoms with Crippen LogP contribution in [0.3, 0.4) is 0 Å². The molecule has 4 rings (SSSR count). The Morgan fingerprint density at radius 2 is 1.93 bits per heavy atom. The second-order valence-electron chi connectivity index (χ2n) is 5.92. The van der Waals surface area contributed by atoms with Crippen LogP contribution in [-0.4, -0.2) is 20.2 Å². The minimum absolute atomic E-state index is 0.261. The summed E-state index contributed by atoms with van der Waals surface area (Å²) in [7, 11) is 0. The zero-order chi connectivity index (χ0) is 18.8. The van der Waals surface area contributed by atoms with Crippen LogP contribution in [-0.2, 0) is 0 Å². The van der Waals surface area contributed by atoms with Gasteiger partial charge in [-0.3, -0.25) is 9.78 Å². The van der Waals surface area contributed by atoms with Gasteiger partial charge in [0.25, 0.3) is 5.91 Å². The van der Waals surface area contributed by atoms with Crippen molar-refractivity contribution < 1.29 is 4.79 Å². The van der Waals surface area contributed by atoms with E-state index in [1.54, 1.807) is 37.4 Å². The predicted molar refractivity (Wildman–Crippen MR) is 108 cm³/mol. The lowest BCUT2D eigenvalue weighted by atomic mass is 10.2. The van der Waals surface area contributed by atoms with E-state index in [0.717, 1.165) is 11.0 Å². The van der Waals surface area contributed by atoms with Crippen molar-refractivity contribution in [1.82, 2.24) is 14.3 Å². The SMILES string of the molecule is Cc1nsc(Nc2cnc3ccccc3n2)c1C(=O)Nc1cccc(N)c1. The van der Waals surface area contributed by atoms with Gasteiger partial charge in [0.15, 0.2) is 0 Å². The average molecular weight is 376 g/mol. The number of rotatable bonds is 4. The number of anilines is 4. The highest BCUT2D eigenvalue weighted by molar-refractivity contribution is 7.10. The van der Waals surface area contributed by atoms with Crippen molar-refractivity contribution in [3.8, 4) is 0 Å². The molecule has 0 saturated carbocycles. The second-order valence-corrected chi connectivity index (χ2v) is 6.69. The Hall–Kier alpha value is -3.52. The molecule has 0 aliphatic heterocycles. The van der Waals surface area contributed by atoms with Gasteiger partial charge in [0.2, 0.25) is 0 Å². The number of benzene rings is 2. The van der Waals surface area contributed by atoms with Crippen molar-refractivity contribution in [1.29, 1.82) is 0 Å². The first kappa shape index (κ1) is 16.9. The zero-order valence-corrected chi connectivity index (χ0v) is 15.2. The van der Waals surface area contributed by atoms with Gasteiger partial charge in [-0.2, -0.15) is 4.37 Å². The molecule has 0 unspecified atom stereocenters. The van der Waals surface area contributed by atoms with Gasteiger partial charge >= 0.3 is 0 Å². The van der Waals surface area contributed by atoms with Crippen LogP contribution in [0.5, 0.6) is 0 Å². The van der Waals surface area contributed by atoms with Crippen molar-refractivity contribution >= 4 is 50.7 Å². The fraction of sp³-hybridized carbons (Fsp3) is 0.0526. The molecule has 27 heavy (non-hydrogen) atoms. The van der Waals surface area contributed by atoms with E-state index >= 15 is 0 Å². The maximum absolute atomic E-state index is 12.8. The molecule has 134 valence electrons. The molecule has 0 spiro atoms. The van der Waals surface area contributed by atoms with Crippen LogP contribution in [0.1, 0.15) is 16.1 Å². The third-order valence-corrected chi connectivity index (χ3v) is 4.78. The molecule has 0 fully saturated rings. The molecule has 2 heterocycles. The van der Waals surface area contributed by atoms with Crippen molar-refractivity contribution in [3.63, 3.8) is 0 Å². The Morgan fingerprint density at radius 3 is 2.74 bits per heavy atom. The van der Waals surface area contributed by atoms with E-state index in [1.807, 2.05) is 24.3 Å². The van der Waals surface area contributed by atoms with Gasteiger partial charge in [0.1, 0.15) is 10.8 Å². The number of nitrogens with two attached hydrogens (primary N) is 1. The quantitative estimate of drug-likeness (QED) is 0.465. The van der Waals surface area contributed by atoms with Gasteiger partial charge in [0.05, 0.1) is 28.5 Å². The first-order valence-corrected chi connectivity index (χ1v) is 8.99. The molecule has 2 aromatic heterocycles. The summed E-state index contributed by atoms with van der Waals surface area (Å²) in [5, 5.41) is 6.62. The number of carbonyl (C=O) groups excluding carboxylic acids is 1. The van der Waals surface area contributed by atoms with Crippen LogP contribution in [0.2, 0.25) is 0 Å². The van der Waals surface area contributed by atoms with E-state index in [-0.39, 0.29) is 5.91 Å². The molecule has 0 radical (unpaired) electrons. The molecule has 0 atom stereocenters. The van der Waals surface area contributed by atoms with Crippen LogP contribution in [0.4, 0.5) is 22.2 Å². The third kappa shape index (κ3) is 3.56. The minimum atomic E-state index is -0.261. The number of aromatic nitrogens is 3. The largest absolute Gasteiger partial charge is 0.399 e. The number of amides is 1. The van der Waals surface area contributed by atoms with E-state index < -0.39 is 0 Å². The highest BCUT2D eigenvalue weighted by atomic mass is 32.1. The molecule has 8 heteroatoms. The van der Waals surface area contributed by atoms with E-state index in [1.165, 1.54) is 11.5 Å². The Morgan fingerprint density at radius 1 is 1.11 bits per heavy atom. The molecule has 4 aromatic rings. The van der Waals surface area contributed by atoms with Gasteiger partial charge < -0.3 is 16.4 Å². The minimum Gasteiger partial charge on any atom is -0.399 e. The maximum Gasteiger partial charge on any atom is 0.260 e. The van der Waals surface area contributed by atoms with Crippen LogP contribution in [0, 0.1) is 6.92 Å². The van der Waals surface area contributed by atoms with Crippen molar-refractivity contribution in [2.24, 2.45) is 0 Å². The van der Waals surface area contributed by atoms with Crippen molar-refractivity contribution in [2.75, 3.05) is 16.4 Å². The number of aryl methyl sites for hydroxylation is 1. The van der Waals surface area contributed by atoms with Crippen LogP contribution in [0.25, 0.3) is 11.0 Å². The molecule has 7 nitrogen and oxygen atoms in total. The molecule has 0 aliphatic carbocycles. The lowest BCUT2D eigenvalue weighted by Crippen LogP contribution is -2.14. The predicted octanol–water partition coefficient (Wildman–Crippen LogP) is 3.97. The highest BCUT2D eigenvalue weighted by Crippen LogP contribution is 2.28. The molecule has 0 aliphatic rings.